The van der Waals surface area contributed by atoms with Gasteiger partial charge in [-0.1, -0.05) is 18.2 Å². The van der Waals surface area contributed by atoms with Crippen molar-refractivity contribution in [3.05, 3.63) is 42.1 Å². The number of benzene rings is 1. The van der Waals surface area contributed by atoms with Crippen LogP contribution < -0.4 is 5.73 Å². The first-order valence-corrected chi connectivity index (χ1v) is 4.79. The summed E-state index contributed by atoms with van der Waals surface area (Å²) < 4.78 is 0. The van der Waals surface area contributed by atoms with Crippen molar-refractivity contribution < 1.29 is 0 Å². The summed E-state index contributed by atoms with van der Waals surface area (Å²) in [5.41, 5.74) is 7.83. The summed E-state index contributed by atoms with van der Waals surface area (Å²) in [6, 6.07) is 11.5. The fourth-order valence-electron chi connectivity index (χ4n) is 1.65. The van der Waals surface area contributed by atoms with Crippen LogP contribution in [0.15, 0.2) is 36.5 Å². The number of rotatable bonds is 2. The van der Waals surface area contributed by atoms with Gasteiger partial charge < -0.3 is 5.73 Å². The van der Waals surface area contributed by atoms with Crippen LogP contribution >= 0.6 is 12.4 Å². The van der Waals surface area contributed by atoms with Gasteiger partial charge in [-0.2, -0.15) is 5.26 Å². The summed E-state index contributed by atoms with van der Waals surface area (Å²) >= 11 is 0. The van der Waals surface area contributed by atoms with Gasteiger partial charge in [-0.3, -0.25) is 4.98 Å². The molecular weight excluding hydrogens is 222 g/mol. The Hall–Kier alpha value is -1.63. The SMILES string of the molecule is Cl.N#CC[C@@H](N)c1ccnc2ccccc12. The van der Waals surface area contributed by atoms with E-state index >= 15 is 0 Å². The number of nitrogens with zero attached hydrogens (tertiary/aromatic N) is 2. The van der Waals surface area contributed by atoms with Gasteiger partial charge in [0.15, 0.2) is 0 Å². The molecule has 0 spiro atoms. The lowest BCUT2D eigenvalue weighted by molar-refractivity contribution is 0.754. The second-order valence-electron chi connectivity index (χ2n) is 3.39. The third kappa shape index (κ3) is 2.30. The van der Waals surface area contributed by atoms with Crippen molar-refractivity contribution in [3.8, 4) is 6.07 Å². The van der Waals surface area contributed by atoms with E-state index in [1.165, 1.54) is 0 Å². The van der Waals surface area contributed by atoms with Gasteiger partial charge >= 0.3 is 0 Å². The Balaban J connectivity index is 0.00000128. The highest BCUT2D eigenvalue weighted by molar-refractivity contribution is 5.85. The largest absolute Gasteiger partial charge is 0.323 e. The Kier molecular flexibility index (Phi) is 4.24. The van der Waals surface area contributed by atoms with Crippen LogP contribution in [0.4, 0.5) is 0 Å². The maximum Gasteiger partial charge on any atom is 0.0705 e. The van der Waals surface area contributed by atoms with Crippen LogP contribution in [0.5, 0.6) is 0 Å². The van der Waals surface area contributed by atoms with E-state index in [2.05, 4.69) is 11.1 Å². The predicted molar refractivity (Wildman–Crippen MR) is 66.1 cm³/mol. The molecule has 2 rings (SSSR count). The van der Waals surface area contributed by atoms with Crippen molar-refractivity contribution >= 4 is 23.3 Å². The Morgan fingerprint density at radius 2 is 2.06 bits per heavy atom. The molecule has 1 aromatic carbocycles. The molecule has 1 atom stereocenters. The summed E-state index contributed by atoms with van der Waals surface area (Å²) in [6.45, 7) is 0. The minimum absolute atomic E-state index is 0. The van der Waals surface area contributed by atoms with Crippen molar-refractivity contribution in [2.45, 2.75) is 12.5 Å². The number of hydrogen-bond donors (Lipinski definition) is 1. The van der Waals surface area contributed by atoms with Gasteiger partial charge in [0, 0.05) is 17.6 Å². The van der Waals surface area contributed by atoms with E-state index < -0.39 is 0 Å². The first-order valence-electron chi connectivity index (χ1n) is 4.79. The second kappa shape index (κ2) is 5.45. The third-order valence-corrected chi connectivity index (χ3v) is 2.39. The number of aromatic nitrogens is 1. The van der Waals surface area contributed by atoms with Gasteiger partial charge in [0.1, 0.15) is 0 Å². The van der Waals surface area contributed by atoms with Gasteiger partial charge in [0.05, 0.1) is 18.0 Å². The van der Waals surface area contributed by atoms with E-state index in [9.17, 15) is 0 Å². The normalized spacial score (nSPS) is 11.5. The van der Waals surface area contributed by atoms with Crippen LogP contribution in [-0.4, -0.2) is 4.98 Å². The zero-order chi connectivity index (χ0) is 10.7. The number of para-hydroxylation sites is 1. The van der Waals surface area contributed by atoms with Crippen LogP contribution in [0.2, 0.25) is 0 Å². The number of nitriles is 1. The third-order valence-electron chi connectivity index (χ3n) is 2.39. The highest BCUT2D eigenvalue weighted by Crippen LogP contribution is 2.22. The van der Waals surface area contributed by atoms with Gasteiger partial charge in [-0.05, 0) is 17.7 Å². The highest BCUT2D eigenvalue weighted by Gasteiger charge is 2.08. The Morgan fingerprint density at radius 1 is 1.31 bits per heavy atom. The van der Waals surface area contributed by atoms with E-state index in [1.807, 2.05) is 30.3 Å². The van der Waals surface area contributed by atoms with Gasteiger partial charge in [0.25, 0.3) is 0 Å². The molecule has 0 aliphatic heterocycles. The summed E-state index contributed by atoms with van der Waals surface area (Å²) in [4.78, 5) is 4.25. The fourth-order valence-corrected chi connectivity index (χ4v) is 1.65. The summed E-state index contributed by atoms with van der Waals surface area (Å²) in [5.74, 6) is 0. The molecule has 3 nitrogen and oxygen atoms in total. The predicted octanol–water partition coefficient (Wildman–Crippen LogP) is 2.57. The van der Waals surface area contributed by atoms with Crippen LogP contribution in [0, 0.1) is 11.3 Å². The summed E-state index contributed by atoms with van der Waals surface area (Å²) in [5, 5.41) is 9.65. The molecule has 2 aromatic rings. The first kappa shape index (κ1) is 12.4. The molecular formula is C12H12ClN3. The number of pyridine rings is 1. The average molecular weight is 234 g/mol. The summed E-state index contributed by atoms with van der Waals surface area (Å²) in [6.07, 6.45) is 2.06. The molecule has 0 aliphatic carbocycles. The standard InChI is InChI=1S/C12H11N3.ClH/c13-7-5-11(14)9-6-8-15-12-4-2-1-3-10(9)12;/h1-4,6,8,11H,5,14H2;1H/t11-;/m1./s1. The molecule has 0 fully saturated rings. The van der Waals surface area contributed by atoms with Gasteiger partial charge in [-0.25, -0.2) is 0 Å². The van der Waals surface area contributed by atoms with E-state index in [1.54, 1.807) is 6.20 Å². The molecule has 16 heavy (non-hydrogen) atoms. The Labute approximate surface area is 100 Å². The van der Waals surface area contributed by atoms with Crippen molar-refractivity contribution in [2.24, 2.45) is 5.73 Å². The number of fused-ring (bicyclic) bond motifs is 1. The first-order chi connectivity index (χ1) is 7.33. The van der Waals surface area contributed by atoms with Crippen molar-refractivity contribution in [1.29, 1.82) is 5.26 Å². The molecule has 0 radical (unpaired) electrons. The molecule has 0 saturated heterocycles. The lowest BCUT2D eigenvalue weighted by Crippen LogP contribution is -2.09. The van der Waals surface area contributed by atoms with Crippen LogP contribution in [0.1, 0.15) is 18.0 Å². The number of halogens is 1. The monoisotopic (exact) mass is 233 g/mol. The van der Waals surface area contributed by atoms with Crippen LogP contribution in [-0.2, 0) is 0 Å². The van der Waals surface area contributed by atoms with Crippen LogP contribution in [0.3, 0.4) is 0 Å². The second-order valence-corrected chi connectivity index (χ2v) is 3.39. The Morgan fingerprint density at radius 3 is 2.81 bits per heavy atom. The molecule has 0 saturated carbocycles. The molecule has 0 amide bonds. The number of hydrogen-bond acceptors (Lipinski definition) is 3. The molecule has 1 heterocycles. The van der Waals surface area contributed by atoms with Crippen molar-refractivity contribution in [3.63, 3.8) is 0 Å². The number of nitrogens with two attached hydrogens (primary N) is 1. The lowest BCUT2D eigenvalue weighted by Gasteiger charge is -2.10. The van der Waals surface area contributed by atoms with Crippen LogP contribution in [0.25, 0.3) is 10.9 Å². The van der Waals surface area contributed by atoms with E-state index in [-0.39, 0.29) is 18.4 Å². The quantitative estimate of drug-likeness (QED) is 0.867. The lowest BCUT2D eigenvalue weighted by atomic mass is 10.0. The molecule has 0 bridgehead atoms. The minimum Gasteiger partial charge on any atom is -0.323 e. The van der Waals surface area contributed by atoms with E-state index in [0.29, 0.717) is 6.42 Å². The zero-order valence-electron chi connectivity index (χ0n) is 8.63. The Bertz CT molecular complexity index is 514. The maximum atomic E-state index is 8.62. The molecule has 1 aromatic heterocycles. The van der Waals surface area contributed by atoms with Crippen molar-refractivity contribution in [2.75, 3.05) is 0 Å². The van der Waals surface area contributed by atoms with E-state index in [0.717, 1.165) is 16.5 Å². The highest BCUT2D eigenvalue weighted by atomic mass is 35.5. The fraction of sp³-hybridized carbons (Fsp3) is 0.167. The average Bonchev–Trinajstić information content (AvgIpc) is 2.28. The van der Waals surface area contributed by atoms with Gasteiger partial charge in [-0.15, -0.1) is 12.4 Å². The topological polar surface area (TPSA) is 62.7 Å². The molecule has 2 N–H and O–H groups in total. The minimum atomic E-state index is -0.233. The maximum absolute atomic E-state index is 8.62. The van der Waals surface area contributed by atoms with E-state index in [4.69, 9.17) is 11.0 Å². The smallest absolute Gasteiger partial charge is 0.0705 e. The van der Waals surface area contributed by atoms with Crippen molar-refractivity contribution in [1.82, 2.24) is 4.98 Å². The van der Waals surface area contributed by atoms with Gasteiger partial charge in [0.2, 0.25) is 0 Å². The zero-order valence-corrected chi connectivity index (χ0v) is 9.45. The summed E-state index contributed by atoms with van der Waals surface area (Å²) in [7, 11) is 0. The molecule has 0 unspecified atom stereocenters. The molecule has 4 heteroatoms. The molecule has 82 valence electrons. The molecule has 0 aliphatic rings.